The van der Waals surface area contributed by atoms with E-state index in [0.29, 0.717) is 32.9 Å². The Labute approximate surface area is 156 Å². The number of nitrogens with zero attached hydrogens (tertiary/aromatic N) is 1. The average Bonchev–Trinajstić information content (AvgIpc) is 2.88. The van der Waals surface area contributed by atoms with Crippen LogP contribution in [0.3, 0.4) is 0 Å². The van der Waals surface area contributed by atoms with Gasteiger partial charge < -0.3 is 14.2 Å². The molecule has 0 N–H and O–H groups in total. The van der Waals surface area contributed by atoms with E-state index in [9.17, 15) is 9.59 Å². The van der Waals surface area contributed by atoms with Gasteiger partial charge in [-0.15, -0.1) is 0 Å². The Morgan fingerprint density at radius 2 is 2.12 bits per heavy atom. The van der Waals surface area contributed by atoms with Crippen LogP contribution in [-0.4, -0.2) is 48.0 Å². The monoisotopic (exact) mass is 381 g/mol. The van der Waals surface area contributed by atoms with Gasteiger partial charge in [0.25, 0.3) is 5.91 Å². The van der Waals surface area contributed by atoms with Gasteiger partial charge in [-0.05, 0) is 26.0 Å². The molecule has 1 atom stereocenters. The number of thiocarbonyl (C=S) groups is 1. The molecule has 1 aromatic rings. The molecule has 0 saturated carbocycles. The number of hydrogen-bond donors (Lipinski definition) is 0. The summed E-state index contributed by atoms with van der Waals surface area (Å²) in [7, 11) is 2.83. The zero-order chi connectivity index (χ0) is 18.6. The zero-order valence-corrected chi connectivity index (χ0v) is 16.0. The maximum atomic E-state index is 12.7. The minimum atomic E-state index is -0.778. The van der Waals surface area contributed by atoms with Crippen molar-refractivity contribution in [1.29, 1.82) is 0 Å². The third kappa shape index (κ3) is 3.96. The van der Waals surface area contributed by atoms with Crippen molar-refractivity contribution in [2.45, 2.75) is 19.9 Å². The van der Waals surface area contributed by atoms with Gasteiger partial charge in [-0.2, -0.15) is 0 Å². The van der Waals surface area contributed by atoms with E-state index in [0.717, 1.165) is 11.8 Å². The predicted molar refractivity (Wildman–Crippen MR) is 101 cm³/mol. The van der Waals surface area contributed by atoms with Crippen molar-refractivity contribution in [3.63, 3.8) is 0 Å². The van der Waals surface area contributed by atoms with E-state index < -0.39 is 12.0 Å². The number of ether oxygens (including phenoxy) is 3. The number of carbonyl (C=O) groups is 2. The minimum absolute atomic E-state index is 0.315. The number of hydrogen-bond acceptors (Lipinski definition) is 7. The second-order valence-electron chi connectivity index (χ2n) is 5.06. The number of para-hydroxylation sites is 1. The van der Waals surface area contributed by atoms with Gasteiger partial charge >= 0.3 is 5.97 Å². The number of amides is 1. The van der Waals surface area contributed by atoms with Crippen molar-refractivity contribution < 1.29 is 23.8 Å². The van der Waals surface area contributed by atoms with Crippen LogP contribution in [0, 0.1) is 0 Å². The van der Waals surface area contributed by atoms with Gasteiger partial charge in [0.05, 0.1) is 25.7 Å². The number of benzene rings is 1. The highest BCUT2D eigenvalue weighted by molar-refractivity contribution is 8.26. The summed E-state index contributed by atoms with van der Waals surface area (Å²) in [4.78, 5) is 26.1. The fraction of sp³-hybridized carbons (Fsp3) is 0.353. The lowest BCUT2D eigenvalue weighted by molar-refractivity contribution is -0.147. The topological polar surface area (TPSA) is 65.1 Å². The van der Waals surface area contributed by atoms with Gasteiger partial charge in [-0.1, -0.05) is 36.1 Å². The largest absolute Gasteiger partial charge is 0.493 e. The smallest absolute Gasteiger partial charge is 0.328 e. The molecule has 1 heterocycles. The Balaban J connectivity index is 2.38. The quantitative estimate of drug-likeness (QED) is 0.426. The van der Waals surface area contributed by atoms with Gasteiger partial charge in [-0.3, -0.25) is 9.69 Å². The van der Waals surface area contributed by atoms with E-state index in [2.05, 4.69) is 0 Å². The molecule has 134 valence electrons. The molecule has 1 aliphatic heterocycles. The molecule has 0 aromatic heterocycles. The van der Waals surface area contributed by atoms with E-state index in [1.54, 1.807) is 26.2 Å². The Morgan fingerprint density at radius 1 is 1.40 bits per heavy atom. The predicted octanol–water partition coefficient (Wildman–Crippen LogP) is 2.86. The second-order valence-corrected chi connectivity index (χ2v) is 6.74. The molecular weight excluding hydrogens is 362 g/mol. The minimum Gasteiger partial charge on any atom is -0.493 e. The maximum absolute atomic E-state index is 12.7. The third-order valence-electron chi connectivity index (χ3n) is 3.56. The molecule has 0 spiro atoms. The van der Waals surface area contributed by atoms with Crippen LogP contribution in [0.5, 0.6) is 11.5 Å². The van der Waals surface area contributed by atoms with Crippen LogP contribution in [0.4, 0.5) is 0 Å². The lowest BCUT2D eigenvalue weighted by atomic mass is 10.1. The van der Waals surface area contributed by atoms with E-state index in [1.165, 1.54) is 12.0 Å². The van der Waals surface area contributed by atoms with Crippen molar-refractivity contribution in [3.8, 4) is 11.5 Å². The summed E-state index contributed by atoms with van der Waals surface area (Å²) in [6.45, 7) is 3.91. The molecule has 0 unspecified atom stereocenters. The van der Waals surface area contributed by atoms with E-state index in [4.69, 9.17) is 26.4 Å². The molecule has 1 saturated heterocycles. The van der Waals surface area contributed by atoms with Crippen LogP contribution < -0.4 is 9.47 Å². The van der Waals surface area contributed by atoms with E-state index in [-0.39, 0.29) is 5.91 Å². The number of esters is 1. The van der Waals surface area contributed by atoms with Crippen LogP contribution in [-0.2, 0) is 14.3 Å². The molecule has 1 aliphatic rings. The SMILES string of the molecule is CCOc1c(/C=C2\SC(=S)N([C@@H](C)C(=O)OC)C2=O)cccc1OC. The highest BCUT2D eigenvalue weighted by Crippen LogP contribution is 2.38. The molecule has 8 heteroatoms. The fourth-order valence-electron chi connectivity index (χ4n) is 2.34. The van der Waals surface area contributed by atoms with Gasteiger partial charge in [0.2, 0.25) is 0 Å². The number of rotatable bonds is 6. The molecule has 0 aliphatic carbocycles. The lowest BCUT2D eigenvalue weighted by Gasteiger charge is -2.20. The van der Waals surface area contributed by atoms with Crippen molar-refractivity contribution in [2.24, 2.45) is 0 Å². The molecule has 1 aromatic carbocycles. The maximum Gasteiger partial charge on any atom is 0.328 e. The van der Waals surface area contributed by atoms with Crippen molar-refractivity contribution in [3.05, 3.63) is 28.7 Å². The molecule has 25 heavy (non-hydrogen) atoms. The summed E-state index contributed by atoms with van der Waals surface area (Å²) in [6, 6.07) is 4.64. The van der Waals surface area contributed by atoms with Crippen LogP contribution >= 0.6 is 24.0 Å². The molecule has 0 bridgehead atoms. The van der Waals surface area contributed by atoms with Crippen LogP contribution in [0.15, 0.2) is 23.1 Å². The molecule has 1 fully saturated rings. The van der Waals surface area contributed by atoms with E-state index in [1.807, 2.05) is 19.1 Å². The Hall–Kier alpha value is -2.06. The molecule has 0 radical (unpaired) electrons. The molecule has 6 nitrogen and oxygen atoms in total. The van der Waals surface area contributed by atoms with Crippen LogP contribution in [0.25, 0.3) is 6.08 Å². The summed E-state index contributed by atoms with van der Waals surface area (Å²) in [6.07, 6.45) is 1.69. The second kappa shape index (κ2) is 8.35. The van der Waals surface area contributed by atoms with Crippen molar-refractivity contribution >= 4 is 46.3 Å². The number of thioether (sulfide) groups is 1. The summed E-state index contributed by atoms with van der Waals surface area (Å²) >= 11 is 6.39. The summed E-state index contributed by atoms with van der Waals surface area (Å²) < 4.78 is 16.0. The number of carbonyl (C=O) groups excluding carboxylic acids is 2. The normalized spacial score (nSPS) is 17.0. The van der Waals surface area contributed by atoms with Crippen molar-refractivity contribution in [1.82, 2.24) is 4.90 Å². The third-order valence-corrected chi connectivity index (χ3v) is 4.89. The first-order chi connectivity index (χ1) is 11.9. The Kier molecular flexibility index (Phi) is 6.44. The molecule has 1 amide bonds. The lowest BCUT2D eigenvalue weighted by Crippen LogP contribution is -2.42. The van der Waals surface area contributed by atoms with Crippen LogP contribution in [0.2, 0.25) is 0 Å². The van der Waals surface area contributed by atoms with Gasteiger partial charge in [0.1, 0.15) is 10.4 Å². The number of methoxy groups -OCH3 is 2. The highest BCUT2D eigenvalue weighted by atomic mass is 32.2. The average molecular weight is 381 g/mol. The van der Waals surface area contributed by atoms with Crippen molar-refractivity contribution in [2.75, 3.05) is 20.8 Å². The first-order valence-corrected chi connectivity index (χ1v) is 8.81. The summed E-state index contributed by atoms with van der Waals surface area (Å²) in [5, 5.41) is 0. The highest BCUT2D eigenvalue weighted by Gasteiger charge is 2.38. The molecular formula is C17H19NO5S2. The van der Waals surface area contributed by atoms with Gasteiger partial charge in [-0.25, -0.2) is 4.79 Å². The first-order valence-electron chi connectivity index (χ1n) is 7.59. The van der Waals surface area contributed by atoms with E-state index >= 15 is 0 Å². The van der Waals surface area contributed by atoms with Gasteiger partial charge in [0.15, 0.2) is 11.5 Å². The standard InChI is InChI=1S/C17H19NO5S2/c1-5-23-14-11(7-6-8-12(14)21-3)9-13-15(19)18(17(24)25-13)10(2)16(20)22-4/h6-10H,5H2,1-4H3/b13-9-/t10-/m0/s1. The molecule has 2 rings (SSSR count). The Morgan fingerprint density at radius 3 is 2.72 bits per heavy atom. The Bertz CT molecular complexity index is 732. The zero-order valence-electron chi connectivity index (χ0n) is 14.4. The fourth-order valence-corrected chi connectivity index (χ4v) is 3.75. The summed E-state index contributed by atoms with van der Waals surface area (Å²) in [5.41, 5.74) is 0.701. The van der Waals surface area contributed by atoms with Gasteiger partial charge in [0, 0.05) is 5.56 Å². The van der Waals surface area contributed by atoms with Crippen LogP contribution in [0.1, 0.15) is 19.4 Å². The summed E-state index contributed by atoms with van der Waals surface area (Å²) in [5.74, 6) is 0.278. The first kappa shape index (κ1) is 19.3.